The number of nitrogens with two attached hydrogens (primary N) is 1. The highest BCUT2D eigenvalue weighted by atomic mass is 32.2. The highest BCUT2D eigenvalue weighted by Gasteiger charge is 2.17. The SMILES string of the molecule is CC(C)c1cc(NS(=O)(=O)c2ccc(F)c(N)c2)n[nH]1. The van der Waals surface area contributed by atoms with E-state index in [-0.39, 0.29) is 22.3 Å². The minimum Gasteiger partial charge on any atom is -0.396 e. The van der Waals surface area contributed by atoms with Crippen LogP contribution in [0, 0.1) is 5.82 Å². The zero-order valence-corrected chi connectivity index (χ0v) is 11.8. The van der Waals surface area contributed by atoms with Gasteiger partial charge < -0.3 is 5.73 Å². The van der Waals surface area contributed by atoms with Gasteiger partial charge >= 0.3 is 0 Å². The Kier molecular flexibility index (Phi) is 3.67. The van der Waals surface area contributed by atoms with Crippen molar-refractivity contribution < 1.29 is 12.8 Å². The quantitative estimate of drug-likeness (QED) is 0.752. The van der Waals surface area contributed by atoms with Gasteiger partial charge in [0.05, 0.1) is 10.6 Å². The molecule has 0 fully saturated rings. The Morgan fingerprint density at radius 2 is 2.05 bits per heavy atom. The van der Waals surface area contributed by atoms with Gasteiger partial charge in [-0.05, 0) is 24.1 Å². The first-order valence-corrected chi connectivity index (χ1v) is 7.41. The molecule has 0 atom stereocenters. The lowest BCUT2D eigenvalue weighted by atomic mass is 10.1. The van der Waals surface area contributed by atoms with E-state index in [0.717, 1.165) is 23.9 Å². The average molecular weight is 298 g/mol. The van der Waals surface area contributed by atoms with E-state index in [1.54, 1.807) is 6.07 Å². The Balaban J connectivity index is 2.28. The van der Waals surface area contributed by atoms with Crippen LogP contribution in [0.3, 0.4) is 0 Å². The number of nitrogen functional groups attached to an aromatic ring is 1. The average Bonchev–Trinajstić information content (AvgIpc) is 2.80. The molecule has 20 heavy (non-hydrogen) atoms. The summed E-state index contributed by atoms with van der Waals surface area (Å²) in [4.78, 5) is -0.120. The van der Waals surface area contributed by atoms with Crippen LogP contribution in [0.1, 0.15) is 25.5 Å². The third-order valence-corrected chi connectivity index (χ3v) is 4.09. The summed E-state index contributed by atoms with van der Waals surface area (Å²) in [6, 6.07) is 4.82. The van der Waals surface area contributed by atoms with Gasteiger partial charge in [-0.25, -0.2) is 12.8 Å². The van der Waals surface area contributed by atoms with Crippen LogP contribution in [0.25, 0.3) is 0 Å². The van der Waals surface area contributed by atoms with Gasteiger partial charge in [0.25, 0.3) is 10.0 Å². The molecule has 0 aliphatic carbocycles. The van der Waals surface area contributed by atoms with E-state index in [1.165, 1.54) is 0 Å². The molecule has 0 spiro atoms. The first kappa shape index (κ1) is 14.3. The second kappa shape index (κ2) is 5.12. The number of nitrogens with zero attached hydrogens (tertiary/aromatic N) is 1. The van der Waals surface area contributed by atoms with Crippen molar-refractivity contribution in [3.8, 4) is 0 Å². The first-order valence-electron chi connectivity index (χ1n) is 5.93. The summed E-state index contributed by atoms with van der Waals surface area (Å²) in [7, 11) is -3.84. The van der Waals surface area contributed by atoms with Gasteiger partial charge in [0.15, 0.2) is 5.82 Å². The van der Waals surface area contributed by atoms with Gasteiger partial charge in [0, 0.05) is 11.8 Å². The predicted molar refractivity (Wildman–Crippen MR) is 74.3 cm³/mol. The van der Waals surface area contributed by atoms with Gasteiger partial charge in [-0.15, -0.1) is 0 Å². The molecule has 2 rings (SSSR count). The monoisotopic (exact) mass is 298 g/mol. The number of benzene rings is 1. The molecule has 8 heteroatoms. The highest BCUT2D eigenvalue weighted by molar-refractivity contribution is 7.92. The van der Waals surface area contributed by atoms with E-state index in [9.17, 15) is 12.8 Å². The molecule has 0 aliphatic rings. The topological polar surface area (TPSA) is 101 Å². The summed E-state index contributed by atoms with van der Waals surface area (Å²) in [5.41, 5.74) is 5.95. The summed E-state index contributed by atoms with van der Waals surface area (Å²) in [6.45, 7) is 3.90. The van der Waals surface area contributed by atoms with Crippen LogP contribution in [0.15, 0.2) is 29.2 Å². The summed E-state index contributed by atoms with van der Waals surface area (Å²) >= 11 is 0. The number of hydrogen-bond donors (Lipinski definition) is 3. The largest absolute Gasteiger partial charge is 0.396 e. The first-order chi connectivity index (χ1) is 9.29. The van der Waals surface area contributed by atoms with E-state index < -0.39 is 15.8 Å². The van der Waals surface area contributed by atoms with Crippen molar-refractivity contribution in [2.75, 3.05) is 10.5 Å². The van der Waals surface area contributed by atoms with Crippen LogP contribution >= 0.6 is 0 Å². The number of rotatable bonds is 4. The predicted octanol–water partition coefficient (Wildman–Crippen LogP) is 2.06. The minimum absolute atomic E-state index is 0.120. The zero-order chi connectivity index (χ0) is 14.9. The van der Waals surface area contributed by atoms with Gasteiger partial charge in [-0.3, -0.25) is 9.82 Å². The van der Waals surface area contributed by atoms with Crippen LogP contribution in [0.5, 0.6) is 0 Å². The number of halogens is 1. The molecule has 1 heterocycles. The third kappa shape index (κ3) is 2.90. The molecular formula is C12H15FN4O2S. The standard InChI is InChI=1S/C12H15FN4O2S/c1-7(2)11-6-12(16-15-11)17-20(18,19)8-3-4-9(13)10(14)5-8/h3-7H,14H2,1-2H3,(H2,15,16,17). The third-order valence-electron chi connectivity index (χ3n) is 2.74. The second-order valence-electron chi connectivity index (χ2n) is 4.65. The number of aromatic amines is 1. The van der Waals surface area contributed by atoms with Crippen molar-refractivity contribution in [2.24, 2.45) is 0 Å². The summed E-state index contributed by atoms with van der Waals surface area (Å²) in [5, 5.41) is 6.61. The molecule has 4 N–H and O–H groups in total. The second-order valence-corrected chi connectivity index (χ2v) is 6.33. The van der Waals surface area contributed by atoms with E-state index in [1.807, 2.05) is 13.8 Å². The van der Waals surface area contributed by atoms with Crippen molar-refractivity contribution in [2.45, 2.75) is 24.7 Å². The lowest BCUT2D eigenvalue weighted by Crippen LogP contribution is -2.13. The fourth-order valence-corrected chi connectivity index (χ4v) is 2.60. The van der Waals surface area contributed by atoms with Gasteiger partial charge in [-0.1, -0.05) is 13.8 Å². The maximum atomic E-state index is 13.0. The summed E-state index contributed by atoms with van der Waals surface area (Å²) in [5.74, 6) is -0.287. The van der Waals surface area contributed by atoms with Crippen molar-refractivity contribution in [3.63, 3.8) is 0 Å². The van der Waals surface area contributed by atoms with Crippen LogP contribution in [0.2, 0.25) is 0 Å². The number of aromatic nitrogens is 2. The van der Waals surface area contributed by atoms with E-state index in [4.69, 9.17) is 5.73 Å². The minimum atomic E-state index is -3.84. The molecule has 0 amide bonds. The lowest BCUT2D eigenvalue weighted by molar-refractivity contribution is 0.600. The molecule has 0 saturated heterocycles. The fourth-order valence-electron chi connectivity index (χ4n) is 1.57. The van der Waals surface area contributed by atoms with Crippen molar-refractivity contribution in [3.05, 3.63) is 35.8 Å². The van der Waals surface area contributed by atoms with E-state index >= 15 is 0 Å². The molecule has 0 bridgehead atoms. The molecule has 2 aromatic rings. The maximum Gasteiger partial charge on any atom is 0.263 e. The Hall–Kier alpha value is -2.09. The van der Waals surface area contributed by atoms with Crippen molar-refractivity contribution in [1.29, 1.82) is 0 Å². The molecule has 1 aromatic heterocycles. The number of sulfonamides is 1. The molecular weight excluding hydrogens is 283 g/mol. The maximum absolute atomic E-state index is 13.0. The Bertz CT molecular complexity index is 725. The van der Waals surface area contributed by atoms with Gasteiger partial charge in [0.2, 0.25) is 0 Å². The number of nitrogens with one attached hydrogen (secondary N) is 2. The molecule has 6 nitrogen and oxygen atoms in total. The van der Waals surface area contributed by atoms with Gasteiger partial charge in [-0.2, -0.15) is 5.10 Å². The molecule has 0 unspecified atom stereocenters. The fraction of sp³-hybridized carbons (Fsp3) is 0.250. The molecule has 108 valence electrons. The highest BCUT2D eigenvalue weighted by Crippen LogP contribution is 2.21. The zero-order valence-electron chi connectivity index (χ0n) is 11.0. The molecule has 0 radical (unpaired) electrons. The summed E-state index contributed by atoms with van der Waals surface area (Å²) < 4.78 is 39.6. The number of hydrogen-bond acceptors (Lipinski definition) is 4. The lowest BCUT2D eigenvalue weighted by Gasteiger charge is -2.06. The van der Waals surface area contributed by atoms with E-state index in [2.05, 4.69) is 14.9 Å². The van der Waals surface area contributed by atoms with Crippen LogP contribution in [-0.2, 0) is 10.0 Å². The Morgan fingerprint density at radius 3 is 2.60 bits per heavy atom. The summed E-state index contributed by atoms with van der Waals surface area (Å²) in [6.07, 6.45) is 0. The van der Waals surface area contributed by atoms with Gasteiger partial charge in [0.1, 0.15) is 5.82 Å². The normalized spacial score (nSPS) is 11.8. The van der Waals surface area contributed by atoms with Crippen molar-refractivity contribution in [1.82, 2.24) is 10.2 Å². The molecule has 0 aliphatic heterocycles. The molecule has 1 aromatic carbocycles. The van der Waals surface area contributed by atoms with Crippen LogP contribution < -0.4 is 10.5 Å². The molecule has 0 saturated carbocycles. The number of H-pyrrole nitrogens is 1. The van der Waals surface area contributed by atoms with Crippen LogP contribution in [-0.4, -0.2) is 18.6 Å². The Labute approximate surface area is 116 Å². The van der Waals surface area contributed by atoms with E-state index in [0.29, 0.717) is 0 Å². The van der Waals surface area contributed by atoms with Crippen molar-refractivity contribution >= 4 is 21.5 Å². The van der Waals surface area contributed by atoms with Crippen LogP contribution in [0.4, 0.5) is 15.9 Å². The smallest absolute Gasteiger partial charge is 0.263 e. The number of anilines is 2. The Morgan fingerprint density at radius 1 is 1.35 bits per heavy atom.